The van der Waals surface area contributed by atoms with Gasteiger partial charge in [0, 0.05) is 21.8 Å². The Bertz CT molecular complexity index is 3380. The second kappa shape index (κ2) is 11.5. The van der Waals surface area contributed by atoms with Gasteiger partial charge in [-0.1, -0.05) is 172 Å². The molecule has 0 N–H and O–H groups in total. The van der Waals surface area contributed by atoms with Gasteiger partial charge in [-0.05, 0) is 117 Å². The van der Waals surface area contributed by atoms with Crippen LogP contribution in [0.1, 0.15) is 25.0 Å². The molecule has 0 unspecified atom stereocenters. The van der Waals surface area contributed by atoms with Gasteiger partial charge in [0.05, 0.1) is 0 Å². The van der Waals surface area contributed by atoms with Crippen LogP contribution >= 0.6 is 0 Å². The number of furan rings is 1. The molecule has 56 heavy (non-hydrogen) atoms. The first-order chi connectivity index (χ1) is 27.5. The molecule has 0 bridgehead atoms. The second-order valence-electron chi connectivity index (χ2n) is 16.0. The average Bonchev–Trinajstić information content (AvgIpc) is 3.74. The van der Waals surface area contributed by atoms with E-state index < -0.39 is 0 Å². The van der Waals surface area contributed by atoms with E-state index in [1.165, 1.54) is 109 Å². The molecule has 0 atom stereocenters. The van der Waals surface area contributed by atoms with Crippen molar-refractivity contribution in [1.82, 2.24) is 0 Å². The van der Waals surface area contributed by atoms with Crippen LogP contribution in [-0.2, 0) is 5.41 Å². The van der Waals surface area contributed by atoms with Crippen LogP contribution < -0.4 is 0 Å². The van der Waals surface area contributed by atoms with Gasteiger partial charge < -0.3 is 4.42 Å². The number of rotatable bonds is 3. The predicted molar refractivity (Wildman–Crippen MR) is 238 cm³/mol. The van der Waals surface area contributed by atoms with Gasteiger partial charge in [0.15, 0.2) is 0 Å². The third-order valence-corrected chi connectivity index (χ3v) is 12.6. The van der Waals surface area contributed by atoms with Crippen molar-refractivity contribution in [1.29, 1.82) is 0 Å². The Labute approximate surface area is 325 Å². The number of benzene rings is 10. The van der Waals surface area contributed by atoms with Gasteiger partial charge >= 0.3 is 0 Å². The molecule has 1 heteroatoms. The maximum absolute atomic E-state index is 6.97. The van der Waals surface area contributed by atoms with E-state index in [1.54, 1.807) is 0 Å². The van der Waals surface area contributed by atoms with E-state index in [2.05, 4.69) is 196 Å². The predicted octanol–water partition coefficient (Wildman–Crippen LogP) is 15.5. The standard InChI is InChI=1S/C55H36O/c1-55(2)46-23-13-12-22-44(46)53-47(55)32-45-52-39-17-7-6-14-33(39)28-29-48(52)56-54(45)51(53)38-27-25-35-30-37(26-24-36(35)31-38)50-42-20-10-8-18-40(42)49(34-15-4-3-5-16-34)41-19-9-11-21-43(41)50/h3-32H,1-2H3. The van der Waals surface area contributed by atoms with Gasteiger partial charge in [-0.15, -0.1) is 0 Å². The fourth-order valence-electron chi connectivity index (χ4n) is 10.0. The maximum Gasteiger partial charge on any atom is 0.143 e. The minimum absolute atomic E-state index is 0.156. The van der Waals surface area contributed by atoms with Gasteiger partial charge in [0.1, 0.15) is 11.2 Å². The molecule has 0 spiro atoms. The van der Waals surface area contributed by atoms with Crippen molar-refractivity contribution in [3.63, 3.8) is 0 Å². The number of fused-ring (bicyclic) bond motifs is 11. The normalized spacial score (nSPS) is 13.3. The van der Waals surface area contributed by atoms with Crippen LogP contribution in [0.2, 0.25) is 0 Å². The SMILES string of the molecule is CC1(C)c2ccccc2-c2c1cc1c(oc3ccc4ccccc4c31)c2-c1ccc2cc(-c3c4ccccc4c(-c4ccccc4)c4ccccc34)ccc2c1. The molecule has 0 saturated carbocycles. The summed E-state index contributed by atoms with van der Waals surface area (Å²) in [5.41, 5.74) is 14.4. The Morgan fingerprint density at radius 3 is 1.57 bits per heavy atom. The summed E-state index contributed by atoms with van der Waals surface area (Å²) in [7, 11) is 0. The van der Waals surface area contributed by atoms with Crippen molar-refractivity contribution in [2.75, 3.05) is 0 Å². The van der Waals surface area contributed by atoms with Crippen molar-refractivity contribution < 1.29 is 4.42 Å². The van der Waals surface area contributed by atoms with Crippen LogP contribution in [0.4, 0.5) is 0 Å². The maximum atomic E-state index is 6.97. The second-order valence-corrected chi connectivity index (χ2v) is 16.0. The topological polar surface area (TPSA) is 13.1 Å². The van der Waals surface area contributed by atoms with Gasteiger partial charge in [-0.3, -0.25) is 0 Å². The first-order valence-corrected chi connectivity index (χ1v) is 19.6. The fraction of sp³-hybridized carbons (Fsp3) is 0.0545. The monoisotopic (exact) mass is 712 g/mol. The summed E-state index contributed by atoms with van der Waals surface area (Å²) >= 11 is 0. The minimum atomic E-state index is -0.156. The largest absolute Gasteiger partial charge is 0.455 e. The number of hydrogen-bond acceptors (Lipinski definition) is 1. The van der Waals surface area contributed by atoms with Gasteiger partial charge in [-0.2, -0.15) is 0 Å². The smallest absolute Gasteiger partial charge is 0.143 e. The molecule has 11 aromatic rings. The summed E-state index contributed by atoms with van der Waals surface area (Å²) in [5.74, 6) is 0. The average molecular weight is 713 g/mol. The lowest BCUT2D eigenvalue weighted by molar-refractivity contribution is 0.658. The van der Waals surface area contributed by atoms with E-state index in [-0.39, 0.29) is 5.41 Å². The lowest BCUT2D eigenvalue weighted by Gasteiger charge is -2.22. The van der Waals surface area contributed by atoms with Crippen molar-refractivity contribution in [3.05, 3.63) is 193 Å². The Kier molecular flexibility index (Phi) is 6.46. The fourth-order valence-corrected chi connectivity index (χ4v) is 10.0. The van der Waals surface area contributed by atoms with Gasteiger partial charge in [0.25, 0.3) is 0 Å². The molecule has 1 nitrogen and oxygen atoms in total. The summed E-state index contributed by atoms with van der Waals surface area (Å²) in [6.45, 7) is 4.74. The Balaban J connectivity index is 1.10. The number of hydrogen-bond donors (Lipinski definition) is 0. The zero-order valence-electron chi connectivity index (χ0n) is 31.2. The van der Waals surface area contributed by atoms with E-state index in [9.17, 15) is 0 Å². The molecule has 1 aliphatic carbocycles. The molecule has 1 aliphatic rings. The van der Waals surface area contributed by atoms with Crippen LogP contribution in [-0.4, -0.2) is 0 Å². The van der Waals surface area contributed by atoms with Crippen molar-refractivity contribution in [3.8, 4) is 44.5 Å². The van der Waals surface area contributed by atoms with Gasteiger partial charge in [0.2, 0.25) is 0 Å². The summed E-state index contributed by atoms with van der Waals surface area (Å²) in [5, 5.41) is 12.3. The lowest BCUT2D eigenvalue weighted by Crippen LogP contribution is -2.14. The van der Waals surface area contributed by atoms with E-state index in [0.29, 0.717) is 0 Å². The van der Waals surface area contributed by atoms with E-state index >= 15 is 0 Å². The van der Waals surface area contributed by atoms with E-state index in [0.717, 1.165) is 11.2 Å². The van der Waals surface area contributed by atoms with Crippen LogP contribution in [0, 0.1) is 0 Å². The first-order valence-electron chi connectivity index (χ1n) is 19.6. The summed E-state index contributed by atoms with van der Waals surface area (Å²) in [4.78, 5) is 0. The molecule has 0 aliphatic heterocycles. The van der Waals surface area contributed by atoms with Crippen LogP contribution in [0.25, 0.3) is 110 Å². The Morgan fingerprint density at radius 1 is 0.357 bits per heavy atom. The molecule has 1 aromatic heterocycles. The highest BCUT2D eigenvalue weighted by Gasteiger charge is 2.38. The summed E-state index contributed by atoms with van der Waals surface area (Å²) in [6, 6.07) is 67.0. The highest BCUT2D eigenvalue weighted by atomic mass is 16.3. The first kappa shape index (κ1) is 31.4. The minimum Gasteiger partial charge on any atom is -0.455 e. The molecule has 1 heterocycles. The molecule has 0 saturated heterocycles. The molecular weight excluding hydrogens is 677 g/mol. The molecule has 0 fully saturated rings. The van der Waals surface area contributed by atoms with Gasteiger partial charge in [-0.25, -0.2) is 0 Å². The van der Waals surface area contributed by atoms with E-state index in [4.69, 9.17) is 4.42 Å². The van der Waals surface area contributed by atoms with Crippen LogP contribution in [0.3, 0.4) is 0 Å². The summed E-state index contributed by atoms with van der Waals surface area (Å²) in [6.07, 6.45) is 0. The molecular formula is C55H36O. The van der Waals surface area contributed by atoms with Crippen LogP contribution in [0.15, 0.2) is 186 Å². The third-order valence-electron chi connectivity index (χ3n) is 12.6. The highest BCUT2D eigenvalue weighted by molar-refractivity contribution is 6.24. The Hall–Kier alpha value is -6.96. The molecule has 262 valence electrons. The van der Waals surface area contributed by atoms with Crippen molar-refractivity contribution >= 4 is 65.0 Å². The molecule has 10 aromatic carbocycles. The molecule has 12 rings (SSSR count). The zero-order chi connectivity index (χ0) is 37.1. The van der Waals surface area contributed by atoms with Crippen molar-refractivity contribution in [2.45, 2.75) is 19.3 Å². The Morgan fingerprint density at radius 2 is 0.893 bits per heavy atom. The molecule has 0 amide bonds. The van der Waals surface area contributed by atoms with Crippen LogP contribution in [0.5, 0.6) is 0 Å². The van der Waals surface area contributed by atoms with Crippen molar-refractivity contribution in [2.24, 2.45) is 0 Å². The summed E-state index contributed by atoms with van der Waals surface area (Å²) < 4.78 is 6.97. The lowest BCUT2D eigenvalue weighted by atomic mass is 9.81. The van der Waals surface area contributed by atoms with E-state index in [1.807, 2.05) is 0 Å². The third kappa shape index (κ3) is 4.31. The molecule has 0 radical (unpaired) electrons. The quantitative estimate of drug-likeness (QED) is 0.166. The highest BCUT2D eigenvalue weighted by Crippen LogP contribution is 2.56. The zero-order valence-corrected chi connectivity index (χ0v) is 31.2.